The lowest BCUT2D eigenvalue weighted by atomic mass is 9.88. The minimum atomic E-state index is 0.639. The molecule has 0 spiro atoms. The van der Waals surface area contributed by atoms with Gasteiger partial charge in [0.2, 0.25) is 0 Å². The first-order chi connectivity index (χ1) is 9.67. The number of benzene rings is 1. The van der Waals surface area contributed by atoms with Gasteiger partial charge in [-0.05, 0) is 41.0 Å². The molecule has 1 saturated heterocycles. The Balaban J connectivity index is 1.78. The molecule has 0 N–H and O–H groups in total. The highest BCUT2D eigenvalue weighted by atomic mass is 16.5. The molecule has 1 aromatic carbocycles. The van der Waals surface area contributed by atoms with Crippen molar-refractivity contribution in [3.63, 3.8) is 0 Å². The van der Waals surface area contributed by atoms with E-state index in [1.54, 1.807) is 22.3 Å². The molecule has 3 rings (SSSR count). The Morgan fingerprint density at radius 1 is 1.25 bits per heavy atom. The van der Waals surface area contributed by atoms with Gasteiger partial charge < -0.3 is 4.74 Å². The van der Waals surface area contributed by atoms with Crippen LogP contribution in [0.5, 0.6) is 0 Å². The summed E-state index contributed by atoms with van der Waals surface area (Å²) in [5.74, 6) is 1.41. The number of fused-ring (bicyclic) bond motifs is 1. The van der Waals surface area contributed by atoms with Gasteiger partial charge in [-0.15, -0.1) is 0 Å². The van der Waals surface area contributed by atoms with Crippen LogP contribution in [-0.2, 0) is 24.1 Å². The van der Waals surface area contributed by atoms with E-state index >= 15 is 0 Å². The van der Waals surface area contributed by atoms with Crippen molar-refractivity contribution in [1.29, 1.82) is 0 Å². The molecule has 20 heavy (non-hydrogen) atoms. The molecule has 0 aromatic heterocycles. The Bertz CT molecular complexity index is 477. The summed E-state index contributed by atoms with van der Waals surface area (Å²) in [6, 6.07) is 4.97. The molecule has 1 aromatic rings. The van der Waals surface area contributed by atoms with Gasteiger partial charge in [-0.2, -0.15) is 0 Å². The quantitative estimate of drug-likeness (QED) is 0.834. The first-order valence-electron chi connectivity index (χ1n) is 8.12. The van der Waals surface area contributed by atoms with Gasteiger partial charge in [-0.3, -0.25) is 4.90 Å². The van der Waals surface area contributed by atoms with Gasteiger partial charge in [0.1, 0.15) is 0 Å². The second-order valence-electron chi connectivity index (χ2n) is 6.72. The highest BCUT2D eigenvalue weighted by Gasteiger charge is 2.25. The van der Waals surface area contributed by atoms with E-state index in [9.17, 15) is 0 Å². The standard InChI is InChI=1S/C18H27NO/c1-4-15-7-17-10-19(9-14-11-20-12-14)6-5-16(17)8-18(15)13(2)3/h7-8,13-14H,4-6,9-12H2,1-3H3. The number of rotatable bonds is 4. The Morgan fingerprint density at radius 2 is 2.05 bits per heavy atom. The van der Waals surface area contributed by atoms with Crippen LogP contribution in [0.15, 0.2) is 12.1 Å². The lowest BCUT2D eigenvalue weighted by Gasteiger charge is -2.35. The average molecular weight is 273 g/mol. The molecular weight excluding hydrogens is 246 g/mol. The summed E-state index contributed by atoms with van der Waals surface area (Å²) < 4.78 is 5.30. The third kappa shape index (κ3) is 2.77. The number of nitrogens with zero attached hydrogens (tertiary/aromatic N) is 1. The van der Waals surface area contributed by atoms with Gasteiger partial charge >= 0.3 is 0 Å². The van der Waals surface area contributed by atoms with Crippen LogP contribution in [0.25, 0.3) is 0 Å². The monoisotopic (exact) mass is 273 g/mol. The van der Waals surface area contributed by atoms with Crippen molar-refractivity contribution in [2.45, 2.75) is 46.1 Å². The van der Waals surface area contributed by atoms with E-state index in [-0.39, 0.29) is 0 Å². The van der Waals surface area contributed by atoms with Crippen molar-refractivity contribution in [2.75, 3.05) is 26.3 Å². The van der Waals surface area contributed by atoms with E-state index in [4.69, 9.17) is 4.74 Å². The SMILES string of the molecule is CCc1cc2c(cc1C(C)C)CCN(CC1COC1)C2. The summed E-state index contributed by atoms with van der Waals surface area (Å²) in [7, 11) is 0. The highest BCUT2D eigenvalue weighted by Crippen LogP contribution is 2.28. The molecule has 2 aliphatic rings. The molecule has 0 amide bonds. The predicted octanol–water partition coefficient (Wildman–Crippen LogP) is 3.38. The van der Waals surface area contributed by atoms with E-state index in [0.717, 1.165) is 32.1 Å². The second-order valence-corrected chi connectivity index (χ2v) is 6.72. The number of ether oxygens (including phenoxy) is 1. The zero-order valence-electron chi connectivity index (χ0n) is 13.1. The lowest BCUT2D eigenvalue weighted by molar-refractivity contribution is -0.0480. The van der Waals surface area contributed by atoms with Crippen LogP contribution in [0.4, 0.5) is 0 Å². The number of hydrogen-bond acceptors (Lipinski definition) is 2. The summed E-state index contributed by atoms with van der Waals surface area (Å²) in [4.78, 5) is 2.62. The fraction of sp³-hybridized carbons (Fsp3) is 0.667. The molecule has 0 bridgehead atoms. The van der Waals surface area contributed by atoms with Crippen molar-refractivity contribution in [3.8, 4) is 0 Å². The molecule has 0 atom stereocenters. The topological polar surface area (TPSA) is 12.5 Å². The first kappa shape index (κ1) is 14.1. The zero-order chi connectivity index (χ0) is 14.1. The van der Waals surface area contributed by atoms with E-state index in [2.05, 4.69) is 37.8 Å². The van der Waals surface area contributed by atoms with E-state index < -0.39 is 0 Å². The summed E-state index contributed by atoms with van der Waals surface area (Å²) in [6.07, 6.45) is 2.36. The van der Waals surface area contributed by atoms with Crippen molar-refractivity contribution in [2.24, 2.45) is 5.92 Å². The Kier molecular flexibility index (Phi) is 4.13. The van der Waals surface area contributed by atoms with Crippen LogP contribution in [0.3, 0.4) is 0 Å². The molecule has 0 unspecified atom stereocenters. The van der Waals surface area contributed by atoms with Gasteiger partial charge in [0.15, 0.2) is 0 Å². The van der Waals surface area contributed by atoms with Gasteiger partial charge in [0, 0.05) is 25.6 Å². The van der Waals surface area contributed by atoms with Crippen LogP contribution >= 0.6 is 0 Å². The van der Waals surface area contributed by atoms with Gasteiger partial charge in [-0.25, -0.2) is 0 Å². The van der Waals surface area contributed by atoms with Gasteiger partial charge in [0.25, 0.3) is 0 Å². The molecule has 2 nitrogen and oxygen atoms in total. The lowest BCUT2D eigenvalue weighted by Crippen LogP contribution is -2.41. The van der Waals surface area contributed by atoms with E-state index in [0.29, 0.717) is 5.92 Å². The van der Waals surface area contributed by atoms with Gasteiger partial charge in [-0.1, -0.05) is 32.9 Å². The molecule has 2 heterocycles. The van der Waals surface area contributed by atoms with Crippen molar-refractivity contribution >= 4 is 0 Å². The Morgan fingerprint density at radius 3 is 2.65 bits per heavy atom. The van der Waals surface area contributed by atoms with Crippen LogP contribution < -0.4 is 0 Å². The molecule has 0 aliphatic carbocycles. The molecule has 2 heteroatoms. The van der Waals surface area contributed by atoms with Crippen molar-refractivity contribution in [3.05, 3.63) is 34.4 Å². The molecule has 110 valence electrons. The molecule has 0 saturated carbocycles. The largest absolute Gasteiger partial charge is 0.381 e. The first-order valence-corrected chi connectivity index (χ1v) is 8.12. The van der Waals surface area contributed by atoms with Crippen molar-refractivity contribution < 1.29 is 4.74 Å². The smallest absolute Gasteiger partial charge is 0.0528 e. The average Bonchev–Trinajstić information content (AvgIpc) is 2.41. The van der Waals surface area contributed by atoms with Crippen LogP contribution in [-0.4, -0.2) is 31.2 Å². The summed E-state index contributed by atoms with van der Waals surface area (Å²) in [6.45, 7) is 12.4. The maximum atomic E-state index is 5.30. The third-order valence-corrected chi connectivity index (χ3v) is 4.78. The summed E-state index contributed by atoms with van der Waals surface area (Å²) >= 11 is 0. The maximum absolute atomic E-state index is 5.30. The Labute approximate surface area is 123 Å². The highest BCUT2D eigenvalue weighted by molar-refractivity contribution is 5.41. The zero-order valence-corrected chi connectivity index (χ0v) is 13.1. The fourth-order valence-corrected chi connectivity index (χ4v) is 3.49. The van der Waals surface area contributed by atoms with Gasteiger partial charge in [0.05, 0.1) is 13.2 Å². The second kappa shape index (κ2) is 5.87. The predicted molar refractivity (Wildman–Crippen MR) is 83.2 cm³/mol. The number of aryl methyl sites for hydroxylation is 1. The maximum Gasteiger partial charge on any atom is 0.0528 e. The molecular formula is C18H27NO. The fourth-order valence-electron chi connectivity index (χ4n) is 3.49. The van der Waals surface area contributed by atoms with E-state index in [1.165, 1.54) is 19.5 Å². The minimum Gasteiger partial charge on any atom is -0.381 e. The van der Waals surface area contributed by atoms with Crippen molar-refractivity contribution in [1.82, 2.24) is 4.90 Å². The summed E-state index contributed by atoms with van der Waals surface area (Å²) in [5.41, 5.74) is 6.27. The summed E-state index contributed by atoms with van der Waals surface area (Å²) in [5, 5.41) is 0. The molecule has 0 radical (unpaired) electrons. The minimum absolute atomic E-state index is 0.639. The normalized spacial score (nSPS) is 20.0. The molecule has 2 aliphatic heterocycles. The molecule has 1 fully saturated rings. The van der Waals surface area contributed by atoms with Crippen LogP contribution in [0.2, 0.25) is 0 Å². The van der Waals surface area contributed by atoms with E-state index in [1.807, 2.05) is 0 Å². The third-order valence-electron chi connectivity index (χ3n) is 4.78. The number of hydrogen-bond donors (Lipinski definition) is 0. The van der Waals surface area contributed by atoms with Crippen LogP contribution in [0.1, 0.15) is 48.9 Å². The van der Waals surface area contributed by atoms with Crippen LogP contribution in [0, 0.1) is 5.92 Å². The Hall–Kier alpha value is -0.860.